The van der Waals surface area contributed by atoms with Crippen LogP contribution in [0.5, 0.6) is 0 Å². The molecule has 3 fully saturated rings. The summed E-state index contributed by atoms with van der Waals surface area (Å²) in [7, 11) is 0. The Kier molecular flexibility index (Phi) is 4.32. The molecule has 3 aliphatic rings. The summed E-state index contributed by atoms with van der Waals surface area (Å²) in [5.41, 5.74) is 0. The number of rotatable bonds is 7. The van der Waals surface area contributed by atoms with Gasteiger partial charge in [-0.1, -0.05) is 13.3 Å². The SMILES string of the molecule is CCN(CC(=O)O)C1CC(NC2CCCC2C2CC2)C1. The minimum absolute atomic E-state index is 0.196. The average molecular weight is 280 g/mol. The van der Waals surface area contributed by atoms with Gasteiger partial charge >= 0.3 is 5.97 Å². The van der Waals surface area contributed by atoms with Crippen LogP contribution in [0.4, 0.5) is 0 Å². The fourth-order valence-electron chi connectivity index (χ4n) is 4.28. The Morgan fingerprint density at radius 1 is 1.25 bits per heavy atom. The van der Waals surface area contributed by atoms with E-state index < -0.39 is 5.97 Å². The standard InChI is InChI=1S/C16H28N2O2/c1-2-18(10-16(19)20)13-8-12(9-13)17-15-5-3-4-14(15)11-6-7-11/h11-15,17H,2-10H2,1H3,(H,19,20). The third-order valence-electron chi connectivity index (χ3n) is 5.62. The van der Waals surface area contributed by atoms with Crippen LogP contribution in [0.2, 0.25) is 0 Å². The molecule has 2 atom stereocenters. The van der Waals surface area contributed by atoms with E-state index in [1.165, 1.54) is 32.1 Å². The van der Waals surface area contributed by atoms with Crippen LogP contribution >= 0.6 is 0 Å². The number of nitrogens with zero attached hydrogens (tertiary/aromatic N) is 1. The molecule has 0 saturated heterocycles. The van der Waals surface area contributed by atoms with E-state index in [1.54, 1.807) is 0 Å². The lowest BCUT2D eigenvalue weighted by Crippen LogP contribution is -2.56. The van der Waals surface area contributed by atoms with Crippen molar-refractivity contribution in [2.75, 3.05) is 13.1 Å². The summed E-state index contributed by atoms with van der Waals surface area (Å²) in [6.45, 7) is 3.10. The van der Waals surface area contributed by atoms with Crippen LogP contribution < -0.4 is 5.32 Å². The number of likely N-dealkylation sites (N-methyl/N-ethyl adjacent to an activating group) is 1. The van der Waals surface area contributed by atoms with E-state index >= 15 is 0 Å². The van der Waals surface area contributed by atoms with Crippen LogP contribution in [-0.4, -0.2) is 47.2 Å². The Morgan fingerprint density at radius 3 is 2.60 bits per heavy atom. The quantitative estimate of drug-likeness (QED) is 0.750. The molecule has 3 saturated carbocycles. The fraction of sp³-hybridized carbons (Fsp3) is 0.938. The minimum atomic E-state index is -0.701. The summed E-state index contributed by atoms with van der Waals surface area (Å²) >= 11 is 0. The Hall–Kier alpha value is -0.610. The van der Waals surface area contributed by atoms with Gasteiger partial charge in [0.25, 0.3) is 0 Å². The van der Waals surface area contributed by atoms with Crippen LogP contribution in [0.25, 0.3) is 0 Å². The Labute approximate surface area is 121 Å². The summed E-state index contributed by atoms with van der Waals surface area (Å²) < 4.78 is 0. The zero-order valence-corrected chi connectivity index (χ0v) is 12.6. The maximum atomic E-state index is 10.8. The van der Waals surface area contributed by atoms with Crippen LogP contribution in [0.15, 0.2) is 0 Å². The molecule has 114 valence electrons. The lowest BCUT2D eigenvalue weighted by molar-refractivity contribution is -0.139. The highest BCUT2D eigenvalue weighted by Crippen LogP contribution is 2.45. The molecule has 0 aromatic rings. The number of carboxylic acids is 1. The van der Waals surface area contributed by atoms with Gasteiger partial charge in [-0.2, -0.15) is 0 Å². The van der Waals surface area contributed by atoms with E-state index in [0.717, 1.165) is 37.3 Å². The fourth-order valence-corrected chi connectivity index (χ4v) is 4.28. The lowest BCUT2D eigenvalue weighted by Gasteiger charge is -2.44. The van der Waals surface area contributed by atoms with E-state index in [-0.39, 0.29) is 6.54 Å². The predicted octanol–water partition coefficient (Wildman–Crippen LogP) is 2.09. The largest absolute Gasteiger partial charge is 0.480 e. The van der Waals surface area contributed by atoms with Gasteiger partial charge in [-0.05, 0) is 56.9 Å². The van der Waals surface area contributed by atoms with Gasteiger partial charge in [0.2, 0.25) is 0 Å². The molecule has 0 bridgehead atoms. The first-order valence-corrected chi connectivity index (χ1v) is 8.39. The molecule has 0 heterocycles. The van der Waals surface area contributed by atoms with Gasteiger partial charge in [0.15, 0.2) is 0 Å². The first-order valence-electron chi connectivity index (χ1n) is 8.39. The number of carboxylic acid groups (broad SMARTS) is 1. The van der Waals surface area contributed by atoms with E-state index in [0.29, 0.717) is 12.1 Å². The molecule has 0 radical (unpaired) electrons. The molecule has 0 spiro atoms. The number of nitrogens with one attached hydrogen (secondary N) is 1. The molecule has 4 heteroatoms. The summed E-state index contributed by atoms with van der Waals surface area (Å²) in [6, 6.07) is 1.87. The van der Waals surface area contributed by atoms with Gasteiger partial charge in [-0.15, -0.1) is 0 Å². The second-order valence-corrected chi connectivity index (χ2v) is 6.98. The maximum absolute atomic E-state index is 10.8. The molecule has 0 aliphatic heterocycles. The Bertz CT molecular complexity index is 350. The van der Waals surface area contributed by atoms with Crippen molar-refractivity contribution in [2.45, 2.75) is 70.0 Å². The smallest absolute Gasteiger partial charge is 0.317 e. The summed E-state index contributed by atoms with van der Waals surface area (Å²) in [6.07, 6.45) is 9.36. The first kappa shape index (κ1) is 14.3. The maximum Gasteiger partial charge on any atom is 0.317 e. The van der Waals surface area contributed by atoms with Crippen molar-refractivity contribution in [3.63, 3.8) is 0 Å². The first-order chi connectivity index (χ1) is 9.67. The molecule has 3 rings (SSSR count). The van der Waals surface area contributed by atoms with Crippen LogP contribution in [0, 0.1) is 11.8 Å². The second-order valence-electron chi connectivity index (χ2n) is 6.98. The molecule has 2 unspecified atom stereocenters. The molecule has 0 amide bonds. The molecular weight excluding hydrogens is 252 g/mol. The van der Waals surface area contributed by atoms with Crippen LogP contribution in [-0.2, 0) is 4.79 Å². The van der Waals surface area contributed by atoms with Crippen molar-refractivity contribution in [2.24, 2.45) is 11.8 Å². The van der Waals surface area contributed by atoms with Gasteiger partial charge in [-0.3, -0.25) is 9.69 Å². The van der Waals surface area contributed by atoms with Gasteiger partial charge in [-0.25, -0.2) is 0 Å². The van der Waals surface area contributed by atoms with E-state index in [2.05, 4.69) is 17.1 Å². The van der Waals surface area contributed by atoms with Crippen molar-refractivity contribution in [1.82, 2.24) is 10.2 Å². The average Bonchev–Trinajstić information content (AvgIpc) is 3.10. The lowest BCUT2D eigenvalue weighted by atomic mass is 9.84. The summed E-state index contributed by atoms with van der Waals surface area (Å²) in [5, 5.41) is 12.8. The zero-order chi connectivity index (χ0) is 14.1. The Balaban J connectivity index is 1.42. The number of aliphatic carboxylic acids is 1. The number of hydrogen-bond acceptors (Lipinski definition) is 3. The minimum Gasteiger partial charge on any atom is -0.480 e. The van der Waals surface area contributed by atoms with Gasteiger partial charge < -0.3 is 10.4 Å². The summed E-state index contributed by atoms with van der Waals surface area (Å²) in [4.78, 5) is 12.9. The van der Waals surface area contributed by atoms with E-state index in [4.69, 9.17) is 5.11 Å². The molecule has 0 aromatic carbocycles. The van der Waals surface area contributed by atoms with Gasteiger partial charge in [0.05, 0.1) is 6.54 Å². The molecule has 20 heavy (non-hydrogen) atoms. The molecule has 3 aliphatic carbocycles. The van der Waals surface area contributed by atoms with Crippen molar-refractivity contribution in [1.29, 1.82) is 0 Å². The molecular formula is C16H28N2O2. The highest BCUT2D eigenvalue weighted by atomic mass is 16.4. The zero-order valence-electron chi connectivity index (χ0n) is 12.6. The second kappa shape index (κ2) is 6.02. The monoisotopic (exact) mass is 280 g/mol. The topological polar surface area (TPSA) is 52.6 Å². The van der Waals surface area contributed by atoms with Crippen LogP contribution in [0.3, 0.4) is 0 Å². The third kappa shape index (κ3) is 3.17. The van der Waals surface area contributed by atoms with Crippen molar-refractivity contribution in [3.8, 4) is 0 Å². The van der Waals surface area contributed by atoms with Crippen molar-refractivity contribution < 1.29 is 9.90 Å². The van der Waals surface area contributed by atoms with Gasteiger partial charge in [0, 0.05) is 18.1 Å². The van der Waals surface area contributed by atoms with Gasteiger partial charge in [0.1, 0.15) is 0 Å². The molecule has 0 aromatic heterocycles. The molecule has 2 N–H and O–H groups in total. The summed E-state index contributed by atoms with van der Waals surface area (Å²) in [5.74, 6) is 1.26. The number of carbonyl (C=O) groups is 1. The number of hydrogen-bond donors (Lipinski definition) is 2. The normalized spacial score (nSPS) is 37.1. The highest BCUT2D eigenvalue weighted by Gasteiger charge is 2.42. The predicted molar refractivity (Wildman–Crippen MR) is 78.7 cm³/mol. The van der Waals surface area contributed by atoms with E-state index in [9.17, 15) is 4.79 Å². The van der Waals surface area contributed by atoms with Crippen molar-refractivity contribution >= 4 is 5.97 Å². The highest BCUT2D eigenvalue weighted by molar-refractivity contribution is 5.69. The third-order valence-corrected chi connectivity index (χ3v) is 5.62. The van der Waals surface area contributed by atoms with Crippen molar-refractivity contribution in [3.05, 3.63) is 0 Å². The van der Waals surface area contributed by atoms with E-state index in [1.807, 2.05) is 0 Å². The Morgan fingerprint density at radius 2 is 2.00 bits per heavy atom. The van der Waals surface area contributed by atoms with Crippen LogP contribution in [0.1, 0.15) is 51.9 Å². The molecule has 4 nitrogen and oxygen atoms in total.